The minimum Gasteiger partial charge on any atom is -0.412 e. The largest absolute Gasteiger partial charge is 2.00 e. The number of rotatable bonds is 0. The van der Waals surface area contributed by atoms with Gasteiger partial charge in [0.2, 0.25) is 0 Å². The number of halogens is 10. The van der Waals surface area contributed by atoms with Crippen LogP contribution >= 0.6 is 0 Å². The molecule has 21 heavy (non-hydrogen) atoms. The van der Waals surface area contributed by atoms with E-state index in [1.165, 1.54) is 13.8 Å². The van der Waals surface area contributed by atoms with Crippen molar-refractivity contribution in [3.63, 3.8) is 0 Å². The summed E-state index contributed by atoms with van der Waals surface area (Å²) in [6.45, 7) is 2.86. The maximum Gasteiger partial charge on any atom is 2.00 e. The van der Waals surface area contributed by atoms with Crippen LogP contribution < -0.4 is 0 Å². The molecule has 0 saturated heterocycles. The van der Waals surface area contributed by atoms with Crippen molar-refractivity contribution >= 4 is 0 Å². The Hall–Kier alpha value is -0.798. The van der Waals surface area contributed by atoms with Crippen molar-refractivity contribution in [3.05, 3.63) is 12.9 Å². The molecule has 0 aliphatic carbocycles. The zero-order valence-electron chi connectivity index (χ0n) is 10.4. The normalized spacial score (nSPS) is 9.33. The predicted octanol–water partition coefficient (Wildman–Crippen LogP) is 5.01. The summed E-state index contributed by atoms with van der Waals surface area (Å²) in [5.74, 6) is 0. The topological polar surface area (TPSA) is 47.6 Å². The smallest absolute Gasteiger partial charge is 0.412 e. The molecule has 0 spiro atoms. The monoisotopic (exact) mass is 434 g/mol. The Morgan fingerprint density at radius 3 is 0.714 bits per heavy atom. The van der Waals surface area contributed by atoms with Gasteiger partial charge in [-0.25, -0.2) is 26.3 Å². The van der Waals surface area contributed by atoms with E-state index in [0.717, 1.165) is 0 Å². The Bertz CT molecular complexity index is 255. The number of nitrogens with zero attached hydrogens (tertiary/aromatic N) is 2. The quantitative estimate of drug-likeness (QED) is 0.307. The molecule has 0 unspecified atom stereocenters. The zero-order chi connectivity index (χ0) is 17.6. The molecule has 0 atom stereocenters. The Morgan fingerprint density at radius 1 is 0.667 bits per heavy atom. The second-order valence-electron chi connectivity index (χ2n) is 1.96. The number of hydrogen-bond acceptors (Lipinski definition) is 2. The summed E-state index contributed by atoms with van der Waals surface area (Å²) >= 11 is 0. The summed E-state index contributed by atoms with van der Waals surface area (Å²) in [5, 5.41) is 14.6. The summed E-state index contributed by atoms with van der Waals surface area (Å²) in [7, 11) is 0. The molecule has 0 heterocycles. The van der Waals surface area contributed by atoms with E-state index in [0.29, 0.717) is 0 Å². The van der Waals surface area contributed by atoms with Gasteiger partial charge in [0, 0.05) is 13.8 Å². The SMILES string of the molecule is CC#N.CC#N.F[C-](F)C(F)(F)F.F[C-](F)C(F)(F)F.[Cd+2]. The fourth-order valence-electron chi connectivity index (χ4n) is 0. The number of nitriles is 2. The van der Waals surface area contributed by atoms with Gasteiger partial charge < -0.3 is 17.6 Å². The molecule has 0 amide bonds. The molecule has 0 aliphatic heterocycles. The van der Waals surface area contributed by atoms with Gasteiger partial charge in [0.15, 0.2) is 0 Å². The van der Waals surface area contributed by atoms with Crippen molar-refractivity contribution in [2.45, 2.75) is 26.2 Å². The van der Waals surface area contributed by atoms with Crippen LogP contribution in [0.25, 0.3) is 0 Å². The van der Waals surface area contributed by atoms with Crippen molar-refractivity contribution in [3.8, 4) is 12.1 Å². The third kappa shape index (κ3) is 45.3. The molecule has 0 aromatic heterocycles. The Balaban J connectivity index is -0.0000000576. The van der Waals surface area contributed by atoms with Crippen LogP contribution in [0.5, 0.6) is 0 Å². The molecule has 0 fully saturated rings. The molecule has 0 bridgehead atoms. The minimum absolute atomic E-state index is 0. The van der Waals surface area contributed by atoms with Crippen LogP contribution in [-0.2, 0) is 27.3 Å². The van der Waals surface area contributed by atoms with Gasteiger partial charge in [-0.3, -0.25) is 0 Å². The zero-order valence-corrected chi connectivity index (χ0v) is 14.4. The van der Waals surface area contributed by atoms with Gasteiger partial charge in [-0.05, 0) is 0 Å². The van der Waals surface area contributed by atoms with E-state index in [2.05, 4.69) is 0 Å². The van der Waals surface area contributed by atoms with Crippen LogP contribution in [0.2, 0.25) is 0 Å². The maximum absolute atomic E-state index is 10.4. The van der Waals surface area contributed by atoms with E-state index < -0.39 is 25.2 Å². The molecule has 0 aromatic rings. The fraction of sp³-hybridized carbons (Fsp3) is 0.500. The number of alkyl halides is 6. The molecule has 120 valence electrons. The summed E-state index contributed by atoms with van der Waals surface area (Å²) < 4.78 is 104. The maximum atomic E-state index is 10.4. The molecule has 0 aromatic carbocycles. The van der Waals surface area contributed by atoms with Gasteiger partial charge in [-0.15, -0.1) is 0 Å². The second-order valence-corrected chi connectivity index (χ2v) is 1.96. The van der Waals surface area contributed by atoms with E-state index in [1.807, 2.05) is 0 Å². The molecular weight excluding hydrogens is 426 g/mol. The van der Waals surface area contributed by atoms with Gasteiger partial charge in [0.05, 0.1) is 12.1 Å². The summed E-state index contributed by atoms with van der Waals surface area (Å²) in [5.41, 5.74) is 0. The van der Waals surface area contributed by atoms with Gasteiger partial charge in [-0.1, -0.05) is 0 Å². The third-order valence-electron chi connectivity index (χ3n) is 0.429. The average molecular weight is 433 g/mol. The summed E-state index contributed by atoms with van der Waals surface area (Å²) in [4.78, 5) is 0. The van der Waals surface area contributed by atoms with Crippen LogP contribution in [-0.4, -0.2) is 12.4 Å². The molecule has 13 heteroatoms. The van der Waals surface area contributed by atoms with Crippen LogP contribution in [0.15, 0.2) is 0 Å². The number of hydrogen-bond donors (Lipinski definition) is 0. The van der Waals surface area contributed by atoms with E-state index >= 15 is 0 Å². The van der Waals surface area contributed by atoms with Crippen molar-refractivity contribution in [2.24, 2.45) is 0 Å². The van der Waals surface area contributed by atoms with Crippen LogP contribution in [0, 0.1) is 35.5 Å². The van der Waals surface area contributed by atoms with Crippen molar-refractivity contribution in [1.82, 2.24) is 0 Å². The third-order valence-corrected chi connectivity index (χ3v) is 0.429. The first-order valence-corrected chi connectivity index (χ1v) is 3.84. The minimum atomic E-state index is -5.42. The van der Waals surface area contributed by atoms with Crippen LogP contribution in [0.3, 0.4) is 0 Å². The van der Waals surface area contributed by atoms with Crippen molar-refractivity contribution in [2.75, 3.05) is 0 Å². The molecule has 0 aliphatic rings. The predicted molar refractivity (Wildman–Crippen MR) is 45.6 cm³/mol. The van der Waals surface area contributed by atoms with Gasteiger partial charge in [0.25, 0.3) is 0 Å². The van der Waals surface area contributed by atoms with Crippen molar-refractivity contribution in [1.29, 1.82) is 10.5 Å². The first-order valence-electron chi connectivity index (χ1n) is 3.84. The molecule has 0 saturated carbocycles. The van der Waals surface area contributed by atoms with Crippen molar-refractivity contribution < 1.29 is 71.2 Å². The summed E-state index contributed by atoms with van der Waals surface area (Å²) in [6.07, 6.45) is -17.8. The first-order chi connectivity index (χ1) is 8.72. The Kier molecular flexibility index (Phi) is 26.5. The van der Waals surface area contributed by atoms with Crippen LogP contribution in [0.4, 0.5) is 43.9 Å². The molecular formula is C8H6CdF10N2. The second kappa shape index (κ2) is 17.3. The Morgan fingerprint density at radius 2 is 0.714 bits per heavy atom. The Labute approximate surface area is 133 Å². The molecule has 2 nitrogen and oxygen atoms in total. The molecule has 0 N–H and O–H groups in total. The summed E-state index contributed by atoms with van der Waals surface area (Å²) in [6, 6.07) is 3.50. The van der Waals surface area contributed by atoms with Gasteiger partial charge >= 0.3 is 39.7 Å². The van der Waals surface area contributed by atoms with Crippen LogP contribution in [0.1, 0.15) is 13.8 Å². The van der Waals surface area contributed by atoms with E-state index in [-0.39, 0.29) is 27.3 Å². The fourth-order valence-corrected chi connectivity index (χ4v) is 0. The van der Waals surface area contributed by atoms with E-state index in [9.17, 15) is 43.9 Å². The van der Waals surface area contributed by atoms with Gasteiger partial charge in [0.1, 0.15) is 12.9 Å². The molecule has 0 radical (unpaired) electrons. The average Bonchev–Trinajstić information content (AvgIpc) is 2.17. The molecule has 0 rings (SSSR count). The first kappa shape index (κ1) is 32.2. The van der Waals surface area contributed by atoms with E-state index in [1.54, 1.807) is 12.1 Å². The standard InChI is InChI=1S/2C2F5.2C2H3N.Cd/c2*3-1(4)2(5,6)7;2*1-2-3;/h;;2*1H3;/q2*-1;;;+2. The van der Waals surface area contributed by atoms with E-state index in [4.69, 9.17) is 10.5 Å². The van der Waals surface area contributed by atoms with Gasteiger partial charge in [-0.2, -0.15) is 10.5 Å².